The van der Waals surface area contributed by atoms with Crippen LogP contribution < -0.4 is 5.73 Å². The zero-order valence-corrected chi connectivity index (χ0v) is 7.10. The molecule has 0 bridgehead atoms. The second-order valence-corrected chi connectivity index (χ2v) is 2.16. The molecule has 0 aliphatic heterocycles. The maximum atomic E-state index is 10.2. The lowest BCUT2D eigenvalue weighted by molar-refractivity contribution is -0.115. The predicted octanol–water partition coefficient (Wildman–Crippen LogP) is 0.271. The number of nitrogens with zero attached hydrogens (tertiary/aromatic N) is 1. The first kappa shape index (κ1) is 11.1. The first-order chi connectivity index (χ1) is 6.04. The topological polar surface area (TPSA) is 93.3 Å². The maximum Gasteiger partial charge on any atom is 0.337 e. The molecule has 0 fully saturated rings. The standard InChI is InChI=1S/C6H5NO2.C2H5NO/c8-6(9)5-2-1-3-7-4-5;1-2(3)4/h1-4H,(H,8,9);1H3,(H2,3,4). The number of aromatic carboxylic acids is 1. The molecule has 5 nitrogen and oxygen atoms in total. The average Bonchev–Trinajstić information content (AvgIpc) is 2.05. The summed E-state index contributed by atoms with van der Waals surface area (Å²) in [6, 6.07) is 3.08. The molecule has 1 heterocycles. The van der Waals surface area contributed by atoms with Crippen molar-refractivity contribution >= 4 is 11.9 Å². The molecule has 0 spiro atoms. The van der Waals surface area contributed by atoms with E-state index in [0.29, 0.717) is 0 Å². The molecule has 3 N–H and O–H groups in total. The summed E-state index contributed by atoms with van der Waals surface area (Å²) in [7, 11) is 0. The van der Waals surface area contributed by atoms with Crippen molar-refractivity contribution in [2.45, 2.75) is 6.92 Å². The highest BCUT2D eigenvalue weighted by Crippen LogP contribution is 1.92. The molecule has 1 aromatic heterocycles. The van der Waals surface area contributed by atoms with Gasteiger partial charge in [-0.15, -0.1) is 0 Å². The molecular formula is C8H10N2O3. The molecule has 0 atom stereocenters. The number of rotatable bonds is 1. The Morgan fingerprint density at radius 2 is 2.08 bits per heavy atom. The second kappa shape index (κ2) is 5.70. The first-order valence-electron chi connectivity index (χ1n) is 3.43. The largest absolute Gasteiger partial charge is 0.478 e. The van der Waals surface area contributed by atoms with Gasteiger partial charge in [-0.1, -0.05) is 0 Å². The van der Waals surface area contributed by atoms with Crippen LogP contribution >= 0.6 is 0 Å². The number of nitrogens with two attached hydrogens (primary N) is 1. The third-order valence-corrected chi connectivity index (χ3v) is 0.908. The van der Waals surface area contributed by atoms with Gasteiger partial charge in [0.2, 0.25) is 5.91 Å². The van der Waals surface area contributed by atoms with Crippen LogP contribution in [-0.2, 0) is 4.79 Å². The highest BCUT2D eigenvalue weighted by molar-refractivity contribution is 5.86. The number of carbonyl (C=O) groups excluding carboxylic acids is 1. The number of primary amides is 1. The van der Waals surface area contributed by atoms with Gasteiger partial charge in [0.25, 0.3) is 0 Å². The summed E-state index contributed by atoms with van der Waals surface area (Å²) >= 11 is 0. The van der Waals surface area contributed by atoms with E-state index in [1.54, 1.807) is 6.07 Å². The van der Waals surface area contributed by atoms with E-state index in [-0.39, 0.29) is 11.5 Å². The summed E-state index contributed by atoms with van der Waals surface area (Å²) in [5.41, 5.74) is 4.69. The monoisotopic (exact) mass is 182 g/mol. The van der Waals surface area contributed by atoms with Crippen molar-refractivity contribution in [2.24, 2.45) is 5.73 Å². The van der Waals surface area contributed by atoms with Gasteiger partial charge in [0.05, 0.1) is 5.56 Å². The maximum absolute atomic E-state index is 10.2. The molecule has 0 unspecified atom stereocenters. The van der Waals surface area contributed by atoms with E-state index in [1.807, 2.05) is 0 Å². The molecule has 0 aromatic carbocycles. The van der Waals surface area contributed by atoms with Gasteiger partial charge in [-0.25, -0.2) is 4.79 Å². The molecule has 1 rings (SSSR count). The average molecular weight is 182 g/mol. The molecule has 0 radical (unpaired) electrons. The first-order valence-corrected chi connectivity index (χ1v) is 3.43. The lowest BCUT2D eigenvalue weighted by Crippen LogP contribution is -2.01. The zero-order chi connectivity index (χ0) is 10.3. The molecule has 13 heavy (non-hydrogen) atoms. The van der Waals surface area contributed by atoms with Crippen molar-refractivity contribution in [3.8, 4) is 0 Å². The fourth-order valence-electron chi connectivity index (χ4n) is 0.489. The highest BCUT2D eigenvalue weighted by atomic mass is 16.4. The Balaban J connectivity index is 0.000000310. The van der Waals surface area contributed by atoms with Crippen molar-refractivity contribution in [2.75, 3.05) is 0 Å². The highest BCUT2D eigenvalue weighted by Gasteiger charge is 1.97. The van der Waals surface area contributed by atoms with Crippen molar-refractivity contribution in [1.29, 1.82) is 0 Å². The number of hydrogen-bond donors (Lipinski definition) is 2. The Morgan fingerprint density at radius 1 is 1.54 bits per heavy atom. The third-order valence-electron chi connectivity index (χ3n) is 0.908. The van der Waals surface area contributed by atoms with Gasteiger partial charge in [-0.05, 0) is 12.1 Å². The summed E-state index contributed by atoms with van der Waals surface area (Å²) < 4.78 is 0. The minimum absolute atomic E-state index is 0.220. The van der Waals surface area contributed by atoms with Crippen molar-refractivity contribution in [3.63, 3.8) is 0 Å². The molecule has 1 amide bonds. The minimum atomic E-state index is -0.942. The Labute approximate surface area is 75.2 Å². The lowest BCUT2D eigenvalue weighted by Gasteiger charge is -1.87. The van der Waals surface area contributed by atoms with Crippen LogP contribution in [0.2, 0.25) is 0 Å². The molecule has 70 valence electrons. The predicted molar refractivity (Wildman–Crippen MR) is 46.1 cm³/mol. The zero-order valence-electron chi connectivity index (χ0n) is 7.10. The Kier molecular flexibility index (Phi) is 4.87. The van der Waals surface area contributed by atoms with Gasteiger partial charge in [0, 0.05) is 19.3 Å². The van der Waals surface area contributed by atoms with Crippen LogP contribution in [0.15, 0.2) is 24.5 Å². The number of carboxylic acids is 1. The van der Waals surface area contributed by atoms with Gasteiger partial charge >= 0.3 is 5.97 Å². The van der Waals surface area contributed by atoms with E-state index in [1.165, 1.54) is 25.4 Å². The van der Waals surface area contributed by atoms with E-state index >= 15 is 0 Å². The number of aromatic nitrogens is 1. The van der Waals surface area contributed by atoms with Crippen molar-refractivity contribution in [3.05, 3.63) is 30.1 Å². The smallest absolute Gasteiger partial charge is 0.337 e. The van der Waals surface area contributed by atoms with Crippen LogP contribution in [0.4, 0.5) is 0 Å². The molecule has 0 aliphatic rings. The molecule has 0 saturated heterocycles. The number of amides is 1. The molecule has 5 heteroatoms. The number of carbonyl (C=O) groups is 2. The van der Waals surface area contributed by atoms with Gasteiger partial charge in [0.15, 0.2) is 0 Å². The molecule has 1 aromatic rings. The van der Waals surface area contributed by atoms with Gasteiger partial charge in [-0.2, -0.15) is 0 Å². The van der Waals surface area contributed by atoms with Gasteiger partial charge in [-0.3, -0.25) is 9.78 Å². The fourth-order valence-corrected chi connectivity index (χ4v) is 0.489. The van der Waals surface area contributed by atoms with Crippen LogP contribution in [-0.4, -0.2) is 22.0 Å². The van der Waals surface area contributed by atoms with E-state index < -0.39 is 5.97 Å². The fraction of sp³-hybridized carbons (Fsp3) is 0.125. The van der Waals surface area contributed by atoms with Crippen LogP contribution in [0.1, 0.15) is 17.3 Å². The van der Waals surface area contributed by atoms with E-state index in [4.69, 9.17) is 5.11 Å². The minimum Gasteiger partial charge on any atom is -0.478 e. The number of hydrogen-bond acceptors (Lipinski definition) is 3. The SMILES string of the molecule is CC(N)=O.O=C(O)c1cccnc1. The van der Waals surface area contributed by atoms with Gasteiger partial charge in [0.1, 0.15) is 0 Å². The number of carboxylic acid groups (broad SMARTS) is 1. The Hall–Kier alpha value is -1.91. The lowest BCUT2D eigenvalue weighted by atomic mass is 10.3. The van der Waals surface area contributed by atoms with E-state index in [2.05, 4.69) is 10.7 Å². The van der Waals surface area contributed by atoms with Gasteiger partial charge < -0.3 is 10.8 Å². The van der Waals surface area contributed by atoms with Crippen molar-refractivity contribution < 1.29 is 14.7 Å². The number of pyridine rings is 1. The van der Waals surface area contributed by atoms with Crippen LogP contribution in [0, 0.1) is 0 Å². The third kappa shape index (κ3) is 6.49. The second-order valence-electron chi connectivity index (χ2n) is 2.16. The summed E-state index contributed by atoms with van der Waals surface area (Å²) in [5, 5.41) is 8.34. The summed E-state index contributed by atoms with van der Waals surface area (Å²) in [4.78, 5) is 23.0. The van der Waals surface area contributed by atoms with Crippen LogP contribution in [0.3, 0.4) is 0 Å². The quantitative estimate of drug-likeness (QED) is 0.651. The molecule has 0 saturated carbocycles. The Bertz CT molecular complexity index is 281. The van der Waals surface area contributed by atoms with E-state index in [9.17, 15) is 9.59 Å². The summed E-state index contributed by atoms with van der Waals surface area (Å²) in [6.45, 7) is 1.31. The molecule has 0 aliphatic carbocycles. The van der Waals surface area contributed by atoms with Crippen LogP contribution in [0.25, 0.3) is 0 Å². The Morgan fingerprint density at radius 3 is 2.31 bits per heavy atom. The summed E-state index contributed by atoms with van der Waals surface area (Å²) in [6.07, 6.45) is 2.84. The van der Waals surface area contributed by atoms with E-state index in [0.717, 1.165) is 0 Å². The summed E-state index contributed by atoms with van der Waals surface area (Å²) in [5.74, 6) is -1.27. The normalized spacial score (nSPS) is 8.08. The molecular weight excluding hydrogens is 172 g/mol. The van der Waals surface area contributed by atoms with Crippen LogP contribution in [0.5, 0.6) is 0 Å². The van der Waals surface area contributed by atoms with Crippen molar-refractivity contribution in [1.82, 2.24) is 4.98 Å².